The predicted molar refractivity (Wildman–Crippen MR) is 133 cm³/mol. The Morgan fingerprint density at radius 3 is 1.24 bits per heavy atom. The molecule has 1 atom stereocenters. The summed E-state index contributed by atoms with van der Waals surface area (Å²) >= 11 is 0. The minimum Gasteiger partial charge on any atom is -0.417 e. The largest absolute Gasteiger partial charge is 0.417 e. The average Bonchev–Trinajstić information content (AvgIpc) is 2.62. The van der Waals surface area contributed by atoms with Crippen molar-refractivity contribution in [1.82, 2.24) is 0 Å². The SMILES string of the molecule is CC(O)CCCCCCCCCCCCCCCCCCO[Si](C)(C)C(C)(C)C. The fraction of sp³-hybridized carbons (Fsp3) is 1.00. The van der Waals surface area contributed by atoms with E-state index in [2.05, 4.69) is 33.9 Å². The first-order chi connectivity index (χ1) is 13.7. The van der Waals surface area contributed by atoms with E-state index in [1.807, 2.05) is 6.92 Å². The maximum Gasteiger partial charge on any atom is 0.191 e. The highest BCUT2D eigenvalue weighted by molar-refractivity contribution is 6.74. The van der Waals surface area contributed by atoms with Gasteiger partial charge in [0.2, 0.25) is 0 Å². The summed E-state index contributed by atoms with van der Waals surface area (Å²) in [5.41, 5.74) is 0. The normalized spacial score (nSPS) is 13.8. The Bertz CT molecular complexity index is 347. The van der Waals surface area contributed by atoms with E-state index >= 15 is 0 Å². The van der Waals surface area contributed by atoms with Crippen LogP contribution in [0.3, 0.4) is 0 Å². The molecule has 0 aromatic heterocycles. The zero-order valence-corrected chi connectivity index (χ0v) is 22.2. The molecule has 0 aromatic rings. The van der Waals surface area contributed by atoms with Gasteiger partial charge in [-0.25, -0.2) is 0 Å². The minimum atomic E-state index is -1.53. The van der Waals surface area contributed by atoms with Crippen LogP contribution in [-0.2, 0) is 4.43 Å². The Kier molecular flexibility index (Phi) is 17.9. The van der Waals surface area contributed by atoms with Gasteiger partial charge in [0.15, 0.2) is 8.32 Å². The third kappa shape index (κ3) is 18.6. The van der Waals surface area contributed by atoms with Crippen LogP contribution < -0.4 is 0 Å². The van der Waals surface area contributed by atoms with Crippen LogP contribution in [0.25, 0.3) is 0 Å². The van der Waals surface area contributed by atoms with E-state index in [0.717, 1.165) is 13.0 Å². The van der Waals surface area contributed by atoms with Crippen LogP contribution in [0.15, 0.2) is 0 Å². The molecule has 29 heavy (non-hydrogen) atoms. The molecule has 0 amide bonds. The summed E-state index contributed by atoms with van der Waals surface area (Å²) in [4.78, 5) is 0. The van der Waals surface area contributed by atoms with E-state index in [1.165, 1.54) is 103 Å². The third-order valence-electron chi connectivity index (χ3n) is 6.79. The molecule has 0 heterocycles. The quantitative estimate of drug-likeness (QED) is 0.155. The van der Waals surface area contributed by atoms with Gasteiger partial charge in [-0.15, -0.1) is 0 Å². The average molecular weight is 429 g/mol. The molecule has 0 radical (unpaired) electrons. The molecule has 0 saturated heterocycles. The van der Waals surface area contributed by atoms with Crippen molar-refractivity contribution in [2.45, 2.75) is 161 Å². The Labute approximate surface area is 185 Å². The van der Waals surface area contributed by atoms with Crippen molar-refractivity contribution < 1.29 is 9.53 Å². The van der Waals surface area contributed by atoms with Crippen LogP contribution in [0.2, 0.25) is 18.1 Å². The summed E-state index contributed by atoms with van der Waals surface area (Å²) in [5, 5.41) is 9.57. The summed E-state index contributed by atoms with van der Waals surface area (Å²) in [7, 11) is -1.53. The van der Waals surface area contributed by atoms with Crippen LogP contribution in [0.5, 0.6) is 0 Å². The van der Waals surface area contributed by atoms with Crippen LogP contribution in [0.1, 0.15) is 137 Å². The van der Waals surface area contributed by atoms with Gasteiger partial charge in [-0.05, 0) is 37.9 Å². The highest BCUT2D eigenvalue weighted by atomic mass is 28.4. The molecular formula is C26H56O2Si. The standard InChI is InChI=1S/C26H56O2Si/c1-25(27)23-21-19-17-15-13-11-9-7-8-10-12-14-16-18-20-22-24-28-29(5,6)26(2,3)4/h25,27H,7-24H2,1-6H3. The van der Waals surface area contributed by atoms with Crippen molar-refractivity contribution >= 4 is 8.32 Å². The lowest BCUT2D eigenvalue weighted by Gasteiger charge is -2.36. The molecule has 0 aromatic carbocycles. The minimum absolute atomic E-state index is 0.109. The summed E-state index contributed by atoms with van der Waals surface area (Å²) in [6.07, 6.45) is 22.9. The van der Waals surface area contributed by atoms with Gasteiger partial charge < -0.3 is 9.53 Å². The van der Waals surface area contributed by atoms with E-state index in [0.29, 0.717) is 5.04 Å². The first-order valence-electron chi connectivity index (χ1n) is 13.0. The first-order valence-corrected chi connectivity index (χ1v) is 15.9. The summed E-state index contributed by atoms with van der Waals surface area (Å²) in [6, 6.07) is 0. The third-order valence-corrected chi connectivity index (χ3v) is 11.3. The molecule has 1 N–H and O–H groups in total. The topological polar surface area (TPSA) is 29.5 Å². The number of aliphatic hydroxyl groups excluding tert-OH is 1. The second-order valence-corrected chi connectivity index (χ2v) is 15.7. The van der Waals surface area contributed by atoms with E-state index in [9.17, 15) is 5.11 Å². The molecule has 1 unspecified atom stereocenters. The van der Waals surface area contributed by atoms with Crippen LogP contribution in [-0.4, -0.2) is 26.1 Å². The van der Waals surface area contributed by atoms with E-state index in [-0.39, 0.29) is 6.10 Å². The van der Waals surface area contributed by atoms with Crippen molar-refractivity contribution in [2.24, 2.45) is 0 Å². The number of rotatable bonds is 20. The lowest BCUT2D eigenvalue weighted by molar-refractivity contribution is 0.180. The Morgan fingerprint density at radius 2 is 0.931 bits per heavy atom. The van der Waals surface area contributed by atoms with E-state index in [4.69, 9.17) is 4.43 Å². The Hall–Kier alpha value is 0.137. The summed E-state index contributed by atoms with van der Waals surface area (Å²) < 4.78 is 6.26. The maximum absolute atomic E-state index is 9.23. The van der Waals surface area contributed by atoms with Crippen LogP contribution in [0, 0.1) is 0 Å². The molecule has 0 rings (SSSR count). The van der Waals surface area contributed by atoms with Crippen LogP contribution in [0.4, 0.5) is 0 Å². The maximum atomic E-state index is 9.23. The molecule has 0 bridgehead atoms. The molecule has 0 aliphatic rings. The van der Waals surface area contributed by atoms with Gasteiger partial charge in [-0.3, -0.25) is 0 Å². The number of hydrogen-bond donors (Lipinski definition) is 1. The monoisotopic (exact) mass is 428 g/mol. The second kappa shape index (κ2) is 17.8. The van der Waals surface area contributed by atoms with Gasteiger partial charge in [0.05, 0.1) is 6.10 Å². The van der Waals surface area contributed by atoms with Gasteiger partial charge >= 0.3 is 0 Å². The highest BCUT2D eigenvalue weighted by Gasteiger charge is 2.36. The molecule has 0 saturated carbocycles. The number of aliphatic hydroxyl groups is 1. The zero-order chi connectivity index (χ0) is 22.0. The van der Waals surface area contributed by atoms with E-state index in [1.54, 1.807) is 0 Å². The fourth-order valence-corrected chi connectivity index (χ4v) is 4.65. The molecule has 0 aliphatic carbocycles. The molecule has 0 fully saturated rings. The van der Waals surface area contributed by atoms with E-state index < -0.39 is 8.32 Å². The van der Waals surface area contributed by atoms with Gasteiger partial charge in [0.25, 0.3) is 0 Å². The van der Waals surface area contributed by atoms with Gasteiger partial charge in [0, 0.05) is 6.61 Å². The number of hydrogen-bond acceptors (Lipinski definition) is 2. The molecule has 2 nitrogen and oxygen atoms in total. The number of unbranched alkanes of at least 4 members (excludes halogenated alkanes) is 15. The first kappa shape index (κ1) is 29.1. The lowest BCUT2D eigenvalue weighted by Crippen LogP contribution is -2.40. The Morgan fingerprint density at radius 1 is 0.621 bits per heavy atom. The van der Waals surface area contributed by atoms with Crippen molar-refractivity contribution in [3.8, 4) is 0 Å². The van der Waals surface area contributed by atoms with Gasteiger partial charge in [-0.2, -0.15) is 0 Å². The van der Waals surface area contributed by atoms with Crippen molar-refractivity contribution in [3.63, 3.8) is 0 Å². The van der Waals surface area contributed by atoms with Crippen molar-refractivity contribution in [1.29, 1.82) is 0 Å². The fourth-order valence-electron chi connectivity index (χ4n) is 3.56. The highest BCUT2D eigenvalue weighted by Crippen LogP contribution is 2.36. The Balaban J connectivity index is 3.19. The van der Waals surface area contributed by atoms with Gasteiger partial charge in [0.1, 0.15) is 0 Å². The predicted octanol–water partition coefficient (Wildman–Crippen LogP) is 9.02. The molecule has 0 aliphatic heterocycles. The molecule has 3 heteroatoms. The van der Waals surface area contributed by atoms with Gasteiger partial charge in [-0.1, -0.05) is 117 Å². The van der Waals surface area contributed by atoms with Crippen molar-refractivity contribution in [2.75, 3.05) is 6.61 Å². The smallest absolute Gasteiger partial charge is 0.191 e. The lowest BCUT2D eigenvalue weighted by atomic mass is 10.0. The summed E-state index contributed by atoms with van der Waals surface area (Å²) in [5.74, 6) is 0. The molecule has 176 valence electrons. The van der Waals surface area contributed by atoms with Crippen LogP contribution >= 0.6 is 0 Å². The second-order valence-electron chi connectivity index (χ2n) is 10.9. The molecular weight excluding hydrogens is 372 g/mol. The summed E-state index contributed by atoms with van der Waals surface area (Å²) in [6.45, 7) is 14.5. The van der Waals surface area contributed by atoms with Crippen molar-refractivity contribution in [3.05, 3.63) is 0 Å². The zero-order valence-electron chi connectivity index (χ0n) is 21.2. The molecule has 0 spiro atoms.